The number of ether oxygens (including phenoxy) is 1. The average molecular weight is 278 g/mol. The van der Waals surface area contributed by atoms with E-state index < -0.39 is 0 Å². The van der Waals surface area contributed by atoms with Crippen molar-refractivity contribution in [2.45, 2.75) is 13.5 Å². The molecule has 112 valence electrons. The minimum atomic E-state index is 0.742. The number of aryl methyl sites for hydroxylation is 1. The molecule has 0 atom stereocenters. The molecule has 1 aliphatic heterocycles. The first-order chi connectivity index (χ1) is 9.70. The summed E-state index contributed by atoms with van der Waals surface area (Å²) in [5.41, 5.74) is 2.50. The van der Waals surface area contributed by atoms with Crippen LogP contribution in [0.15, 0.2) is 12.3 Å². The Bertz CT molecular complexity index is 416. The van der Waals surface area contributed by atoms with Crippen LogP contribution in [0.2, 0.25) is 0 Å². The molecule has 0 spiro atoms. The van der Waals surface area contributed by atoms with E-state index in [0.29, 0.717) is 0 Å². The lowest BCUT2D eigenvalue weighted by molar-refractivity contribution is 0.199. The van der Waals surface area contributed by atoms with E-state index in [-0.39, 0.29) is 0 Å². The largest absolute Gasteiger partial charge is 0.383 e. The first-order valence-electron chi connectivity index (χ1n) is 7.29. The zero-order valence-electron chi connectivity index (χ0n) is 12.9. The molecule has 1 aromatic heterocycles. The Morgan fingerprint density at radius 3 is 2.70 bits per heavy atom. The lowest BCUT2D eigenvalue weighted by atomic mass is 10.2. The average Bonchev–Trinajstić information content (AvgIpc) is 2.45. The summed E-state index contributed by atoms with van der Waals surface area (Å²) >= 11 is 0. The van der Waals surface area contributed by atoms with Crippen molar-refractivity contribution < 1.29 is 4.74 Å². The summed E-state index contributed by atoms with van der Waals surface area (Å²) in [4.78, 5) is 9.41. The number of piperazine rings is 1. The van der Waals surface area contributed by atoms with Crippen molar-refractivity contribution in [2.24, 2.45) is 0 Å². The number of likely N-dealkylation sites (N-methyl/N-ethyl adjacent to an activating group) is 1. The zero-order valence-corrected chi connectivity index (χ0v) is 12.9. The van der Waals surface area contributed by atoms with E-state index in [0.717, 1.165) is 51.7 Å². The fraction of sp³-hybridized carbons (Fsp3) is 0.667. The van der Waals surface area contributed by atoms with Crippen LogP contribution < -0.4 is 10.2 Å². The van der Waals surface area contributed by atoms with Crippen LogP contribution in [0.5, 0.6) is 0 Å². The summed E-state index contributed by atoms with van der Waals surface area (Å²) in [6.07, 6.45) is 1.99. The number of aromatic nitrogens is 1. The maximum Gasteiger partial charge on any atom is 0.131 e. The third kappa shape index (κ3) is 4.16. The van der Waals surface area contributed by atoms with Gasteiger partial charge in [0, 0.05) is 52.6 Å². The summed E-state index contributed by atoms with van der Waals surface area (Å²) in [6.45, 7) is 8.97. The molecule has 1 fully saturated rings. The van der Waals surface area contributed by atoms with Gasteiger partial charge in [-0.2, -0.15) is 0 Å². The summed E-state index contributed by atoms with van der Waals surface area (Å²) < 4.78 is 5.02. The van der Waals surface area contributed by atoms with Crippen molar-refractivity contribution in [3.8, 4) is 0 Å². The zero-order chi connectivity index (χ0) is 14.4. The Kier molecular flexibility index (Phi) is 5.76. The first-order valence-corrected chi connectivity index (χ1v) is 7.29. The van der Waals surface area contributed by atoms with E-state index in [2.05, 4.69) is 40.1 Å². The van der Waals surface area contributed by atoms with Crippen molar-refractivity contribution in [1.82, 2.24) is 15.2 Å². The Hall–Kier alpha value is -1.17. The van der Waals surface area contributed by atoms with Crippen LogP contribution in [-0.2, 0) is 11.3 Å². The first kappa shape index (κ1) is 15.2. The lowest BCUT2D eigenvalue weighted by Crippen LogP contribution is -2.45. The van der Waals surface area contributed by atoms with Gasteiger partial charge in [-0.3, -0.25) is 0 Å². The molecule has 0 bridgehead atoms. The van der Waals surface area contributed by atoms with Crippen molar-refractivity contribution in [3.05, 3.63) is 23.4 Å². The molecule has 0 aliphatic carbocycles. The van der Waals surface area contributed by atoms with Crippen LogP contribution in [0.25, 0.3) is 0 Å². The molecule has 0 aromatic carbocycles. The summed E-state index contributed by atoms with van der Waals surface area (Å²) in [5, 5.41) is 3.35. The second-order valence-electron chi connectivity index (χ2n) is 5.44. The van der Waals surface area contributed by atoms with Crippen LogP contribution in [0.4, 0.5) is 5.82 Å². The maximum absolute atomic E-state index is 5.02. The molecule has 0 amide bonds. The van der Waals surface area contributed by atoms with Crippen molar-refractivity contribution in [1.29, 1.82) is 0 Å². The normalized spacial score (nSPS) is 16.6. The number of methoxy groups -OCH3 is 1. The predicted octanol–water partition coefficient (Wildman–Crippen LogP) is 0.878. The highest BCUT2D eigenvalue weighted by Crippen LogP contribution is 2.19. The molecule has 1 saturated heterocycles. The monoisotopic (exact) mass is 278 g/mol. The van der Waals surface area contributed by atoms with Crippen LogP contribution in [0.1, 0.15) is 11.1 Å². The molecule has 1 aromatic rings. The van der Waals surface area contributed by atoms with E-state index in [1.165, 1.54) is 11.1 Å². The van der Waals surface area contributed by atoms with E-state index in [9.17, 15) is 0 Å². The number of hydrogen-bond acceptors (Lipinski definition) is 5. The standard InChI is InChI=1S/C15H26N4O/c1-13-10-14(11-16-4-9-20-3)12-17-15(13)19-7-5-18(2)6-8-19/h10,12,16H,4-9,11H2,1-3H3. The molecule has 2 rings (SSSR count). The van der Waals surface area contributed by atoms with Gasteiger partial charge in [-0.05, 0) is 31.2 Å². The molecule has 5 nitrogen and oxygen atoms in total. The smallest absolute Gasteiger partial charge is 0.131 e. The Labute approximate surface area is 121 Å². The fourth-order valence-electron chi connectivity index (χ4n) is 2.48. The highest BCUT2D eigenvalue weighted by atomic mass is 16.5. The predicted molar refractivity (Wildman–Crippen MR) is 82.3 cm³/mol. The van der Waals surface area contributed by atoms with Crippen molar-refractivity contribution in [3.63, 3.8) is 0 Å². The maximum atomic E-state index is 5.02. The van der Waals surface area contributed by atoms with Gasteiger partial charge in [0.1, 0.15) is 5.82 Å². The Morgan fingerprint density at radius 1 is 1.30 bits per heavy atom. The summed E-state index contributed by atoms with van der Waals surface area (Å²) in [6, 6.07) is 2.24. The summed E-state index contributed by atoms with van der Waals surface area (Å²) in [5.74, 6) is 1.14. The molecule has 20 heavy (non-hydrogen) atoms. The molecule has 0 saturated carbocycles. The SMILES string of the molecule is COCCNCc1cnc(N2CCN(C)CC2)c(C)c1. The van der Waals surface area contributed by atoms with Crippen molar-refractivity contribution in [2.75, 3.05) is 58.4 Å². The molecule has 0 unspecified atom stereocenters. The molecule has 5 heteroatoms. The van der Waals surface area contributed by atoms with Gasteiger partial charge < -0.3 is 19.9 Å². The highest BCUT2D eigenvalue weighted by molar-refractivity contribution is 5.47. The number of pyridine rings is 1. The third-order valence-electron chi connectivity index (χ3n) is 3.72. The number of nitrogens with zero attached hydrogens (tertiary/aromatic N) is 3. The Balaban J connectivity index is 1.92. The van der Waals surface area contributed by atoms with Crippen LogP contribution in [0.3, 0.4) is 0 Å². The quantitative estimate of drug-likeness (QED) is 0.782. The number of anilines is 1. The lowest BCUT2D eigenvalue weighted by Gasteiger charge is -2.34. The minimum Gasteiger partial charge on any atom is -0.383 e. The molecular weight excluding hydrogens is 252 g/mol. The van der Waals surface area contributed by atoms with Gasteiger partial charge in [0.25, 0.3) is 0 Å². The van der Waals surface area contributed by atoms with Gasteiger partial charge in [-0.25, -0.2) is 4.98 Å². The second kappa shape index (κ2) is 7.57. The van der Waals surface area contributed by atoms with Crippen LogP contribution >= 0.6 is 0 Å². The topological polar surface area (TPSA) is 40.6 Å². The van der Waals surface area contributed by atoms with Crippen LogP contribution in [-0.4, -0.2) is 63.4 Å². The molecule has 0 radical (unpaired) electrons. The van der Waals surface area contributed by atoms with Crippen LogP contribution in [0, 0.1) is 6.92 Å². The minimum absolute atomic E-state index is 0.742. The van der Waals surface area contributed by atoms with Gasteiger partial charge in [0.2, 0.25) is 0 Å². The van der Waals surface area contributed by atoms with E-state index in [4.69, 9.17) is 4.74 Å². The number of hydrogen-bond donors (Lipinski definition) is 1. The van der Waals surface area contributed by atoms with Gasteiger partial charge in [0.15, 0.2) is 0 Å². The van der Waals surface area contributed by atoms with Gasteiger partial charge >= 0.3 is 0 Å². The van der Waals surface area contributed by atoms with Gasteiger partial charge in [-0.15, -0.1) is 0 Å². The molecule has 2 heterocycles. The van der Waals surface area contributed by atoms with Gasteiger partial charge in [-0.1, -0.05) is 0 Å². The molecule has 1 aliphatic rings. The summed E-state index contributed by atoms with van der Waals surface area (Å²) in [7, 11) is 3.89. The molecular formula is C15H26N4O. The fourth-order valence-corrected chi connectivity index (χ4v) is 2.48. The van der Waals surface area contributed by atoms with Crippen molar-refractivity contribution >= 4 is 5.82 Å². The second-order valence-corrected chi connectivity index (χ2v) is 5.44. The Morgan fingerprint density at radius 2 is 2.05 bits per heavy atom. The van der Waals surface area contributed by atoms with E-state index >= 15 is 0 Å². The third-order valence-corrected chi connectivity index (χ3v) is 3.72. The number of rotatable bonds is 6. The van der Waals surface area contributed by atoms with Gasteiger partial charge in [0.05, 0.1) is 6.61 Å². The number of nitrogens with one attached hydrogen (secondary N) is 1. The molecule has 1 N–H and O–H groups in total. The van der Waals surface area contributed by atoms with E-state index in [1.807, 2.05) is 6.20 Å². The van der Waals surface area contributed by atoms with E-state index in [1.54, 1.807) is 7.11 Å². The highest BCUT2D eigenvalue weighted by Gasteiger charge is 2.16.